The quantitative estimate of drug-likeness (QED) is 0.568. The number of carbonyl (C=O) groups is 2. The molecule has 0 aromatic heterocycles. The summed E-state index contributed by atoms with van der Waals surface area (Å²) < 4.78 is 6.71. The van der Waals surface area contributed by atoms with E-state index in [-0.39, 0.29) is 24.5 Å². The highest BCUT2D eigenvalue weighted by Crippen LogP contribution is 2.22. The zero-order valence-electron chi connectivity index (χ0n) is 18.4. The molecule has 0 aliphatic heterocycles. The topological polar surface area (TPSA) is 58.6 Å². The number of halogens is 1. The van der Waals surface area contributed by atoms with Gasteiger partial charge in [-0.3, -0.25) is 9.59 Å². The molecule has 0 bridgehead atoms. The molecule has 0 unspecified atom stereocenters. The molecular weight excluding hydrogens is 444 g/mol. The Morgan fingerprint density at radius 3 is 2.37 bits per heavy atom. The molecule has 5 nitrogen and oxygen atoms in total. The Morgan fingerprint density at radius 1 is 1.10 bits per heavy atom. The molecule has 0 spiro atoms. The maximum absolute atomic E-state index is 13.1. The Balaban J connectivity index is 2.15. The lowest BCUT2D eigenvalue weighted by molar-refractivity contribution is -0.142. The van der Waals surface area contributed by atoms with Gasteiger partial charge >= 0.3 is 0 Å². The number of aryl methyl sites for hydroxylation is 2. The molecule has 0 aliphatic rings. The van der Waals surface area contributed by atoms with Gasteiger partial charge in [0.15, 0.2) is 6.61 Å². The normalized spacial score (nSPS) is 12.7. The van der Waals surface area contributed by atoms with Gasteiger partial charge in [-0.2, -0.15) is 0 Å². The highest BCUT2D eigenvalue weighted by atomic mass is 79.9. The van der Waals surface area contributed by atoms with Gasteiger partial charge in [0.05, 0.1) is 0 Å². The van der Waals surface area contributed by atoms with Gasteiger partial charge in [0.25, 0.3) is 5.91 Å². The summed E-state index contributed by atoms with van der Waals surface area (Å²) in [5.41, 5.74) is 3.14. The molecule has 2 atom stereocenters. The fourth-order valence-corrected chi connectivity index (χ4v) is 3.12. The molecule has 6 heteroatoms. The van der Waals surface area contributed by atoms with Gasteiger partial charge in [-0.15, -0.1) is 0 Å². The molecule has 2 amide bonds. The van der Waals surface area contributed by atoms with Crippen molar-refractivity contribution in [3.05, 3.63) is 63.6 Å². The van der Waals surface area contributed by atoms with Crippen molar-refractivity contribution < 1.29 is 14.3 Å². The average Bonchev–Trinajstić information content (AvgIpc) is 2.73. The van der Waals surface area contributed by atoms with Crippen LogP contribution in [0.2, 0.25) is 0 Å². The molecule has 0 saturated carbocycles. The monoisotopic (exact) mass is 474 g/mol. The third-order valence-electron chi connectivity index (χ3n) is 5.13. The van der Waals surface area contributed by atoms with Crippen molar-refractivity contribution in [2.75, 3.05) is 6.61 Å². The highest BCUT2D eigenvalue weighted by Gasteiger charge is 2.27. The van der Waals surface area contributed by atoms with Crippen LogP contribution in [-0.4, -0.2) is 35.4 Å². The SMILES string of the molecule is CC[C@@H](C)NC(=O)[C@H](C)N(Cc1ccc(C)cc1)C(=O)COc1ccc(Br)c(C)c1. The van der Waals surface area contributed by atoms with Crippen molar-refractivity contribution in [1.82, 2.24) is 10.2 Å². The van der Waals surface area contributed by atoms with Crippen molar-refractivity contribution in [3.63, 3.8) is 0 Å². The summed E-state index contributed by atoms with van der Waals surface area (Å²) in [5.74, 6) is 0.225. The Hall–Kier alpha value is -2.34. The summed E-state index contributed by atoms with van der Waals surface area (Å²) in [6.07, 6.45) is 0.830. The van der Waals surface area contributed by atoms with Gasteiger partial charge in [0, 0.05) is 17.1 Å². The number of hydrogen-bond acceptors (Lipinski definition) is 3. The molecular formula is C24H31BrN2O3. The minimum absolute atomic E-state index is 0.0540. The lowest BCUT2D eigenvalue weighted by Gasteiger charge is -2.29. The molecule has 2 aromatic rings. The van der Waals surface area contributed by atoms with Gasteiger partial charge in [-0.1, -0.05) is 52.7 Å². The summed E-state index contributed by atoms with van der Waals surface area (Å²) in [7, 11) is 0. The molecule has 0 heterocycles. The third-order valence-corrected chi connectivity index (χ3v) is 6.02. The van der Waals surface area contributed by atoms with Crippen molar-refractivity contribution in [2.45, 2.75) is 59.7 Å². The van der Waals surface area contributed by atoms with Crippen LogP contribution in [0.1, 0.15) is 43.9 Å². The Morgan fingerprint density at radius 2 is 1.77 bits per heavy atom. The zero-order chi connectivity index (χ0) is 22.3. The predicted molar refractivity (Wildman–Crippen MR) is 123 cm³/mol. The van der Waals surface area contributed by atoms with E-state index in [1.165, 1.54) is 0 Å². The minimum atomic E-state index is -0.608. The molecule has 2 aromatic carbocycles. The second kappa shape index (κ2) is 11.2. The second-order valence-electron chi connectivity index (χ2n) is 7.70. The minimum Gasteiger partial charge on any atom is -0.484 e. The van der Waals surface area contributed by atoms with Gasteiger partial charge in [-0.25, -0.2) is 0 Å². The molecule has 0 fully saturated rings. The molecule has 0 saturated heterocycles. The van der Waals surface area contributed by atoms with E-state index >= 15 is 0 Å². The predicted octanol–water partition coefficient (Wildman–Crippen LogP) is 4.78. The van der Waals surface area contributed by atoms with Crippen LogP contribution in [0.25, 0.3) is 0 Å². The number of benzene rings is 2. The number of amides is 2. The summed E-state index contributed by atoms with van der Waals surface area (Å²) in [4.78, 5) is 27.3. The van der Waals surface area contributed by atoms with Crippen molar-refractivity contribution in [3.8, 4) is 5.75 Å². The van der Waals surface area contributed by atoms with E-state index in [9.17, 15) is 9.59 Å². The van der Waals surface area contributed by atoms with Gasteiger partial charge in [0.1, 0.15) is 11.8 Å². The van der Waals surface area contributed by atoms with E-state index in [2.05, 4.69) is 21.2 Å². The summed E-state index contributed by atoms with van der Waals surface area (Å²) in [5, 5.41) is 2.97. The first-order valence-electron chi connectivity index (χ1n) is 10.3. The Labute approximate surface area is 187 Å². The van der Waals surface area contributed by atoms with E-state index in [1.54, 1.807) is 11.8 Å². The van der Waals surface area contributed by atoms with Crippen LogP contribution in [-0.2, 0) is 16.1 Å². The maximum Gasteiger partial charge on any atom is 0.261 e. The fraction of sp³-hybridized carbons (Fsp3) is 0.417. The third kappa shape index (κ3) is 6.87. The zero-order valence-corrected chi connectivity index (χ0v) is 20.0. The lowest BCUT2D eigenvalue weighted by atomic mass is 10.1. The van der Waals surface area contributed by atoms with Gasteiger partial charge in [0.2, 0.25) is 5.91 Å². The second-order valence-corrected chi connectivity index (χ2v) is 8.56. The number of ether oxygens (including phenoxy) is 1. The molecule has 0 aliphatic carbocycles. The van der Waals surface area contributed by atoms with Crippen molar-refractivity contribution in [1.29, 1.82) is 0 Å². The van der Waals surface area contributed by atoms with Crippen LogP contribution in [0.5, 0.6) is 5.75 Å². The lowest BCUT2D eigenvalue weighted by Crippen LogP contribution is -2.50. The van der Waals surface area contributed by atoms with E-state index < -0.39 is 6.04 Å². The number of hydrogen-bond donors (Lipinski definition) is 1. The molecule has 0 radical (unpaired) electrons. The standard InChI is InChI=1S/C24H31BrN2O3/c1-6-18(4)26-24(29)19(5)27(14-20-9-7-16(2)8-10-20)23(28)15-30-21-11-12-22(25)17(3)13-21/h7-13,18-19H,6,14-15H2,1-5H3,(H,26,29)/t18-,19+/m1/s1. The maximum atomic E-state index is 13.1. The molecule has 2 rings (SSSR count). The molecule has 162 valence electrons. The van der Waals surface area contributed by atoms with Crippen LogP contribution >= 0.6 is 15.9 Å². The van der Waals surface area contributed by atoms with E-state index in [0.29, 0.717) is 12.3 Å². The van der Waals surface area contributed by atoms with Crippen LogP contribution in [0.4, 0.5) is 0 Å². The molecule has 30 heavy (non-hydrogen) atoms. The average molecular weight is 475 g/mol. The number of nitrogens with zero attached hydrogens (tertiary/aromatic N) is 1. The number of rotatable bonds is 9. The highest BCUT2D eigenvalue weighted by molar-refractivity contribution is 9.10. The van der Waals surface area contributed by atoms with Crippen molar-refractivity contribution >= 4 is 27.7 Å². The Bertz CT molecular complexity index is 867. The summed E-state index contributed by atoms with van der Waals surface area (Å²) >= 11 is 3.46. The summed E-state index contributed by atoms with van der Waals surface area (Å²) in [6, 6.07) is 13.0. The van der Waals surface area contributed by atoms with Crippen LogP contribution in [0.3, 0.4) is 0 Å². The Kier molecular flexibility index (Phi) is 8.90. The van der Waals surface area contributed by atoms with Crippen LogP contribution in [0, 0.1) is 13.8 Å². The van der Waals surface area contributed by atoms with Crippen LogP contribution < -0.4 is 10.1 Å². The number of nitrogens with one attached hydrogen (secondary N) is 1. The first-order valence-corrected chi connectivity index (χ1v) is 11.0. The van der Waals surface area contributed by atoms with Crippen LogP contribution in [0.15, 0.2) is 46.9 Å². The fourth-order valence-electron chi connectivity index (χ4n) is 2.87. The van der Waals surface area contributed by atoms with E-state index in [1.807, 2.05) is 70.2 Å². The first-order chi connectivity index (χ1) is 14.2. The number of carbonyl (C=O) groups excluding carboxylic acids is 2. The van der Waals surface area contributed by atoms with E-state index in [4.69, 9.17) is 4.74 Å². The van der Waals surface area contributed by atoms with Gasteiger partial charge < -0.3 is 15.0 Å². The van der Waals surface area contributed by atoms with Gasteiger partial charge in [-0.05, 0) is 63.4 Å². The first kappa shape index (κ1) is 23.9. The smallest absolute Gasteiger partial charge is 0.261 e. The largest absolute Gasteiger partial charge is 0.484 e. The van der Waals surface area contributed by atoms with E-state index in [0.717, 1.165) is 27.6 Å². The molecule has 1 N–H and O–H groups in total. The van der Waals surface area contributed by atoms with Crippen molar-refractivity contribution in [2.24, 2.45) is 0 Å². The summed E-state index contributed by atoms with van der Waals surface area (Å²) in [6.45, 7) is 9.92.